The second-order valence-corrected chi connectivity index (χ2v) is 5.13. The Morgan fingerprint density at radius 2 is 2.18 bits per heavy atom. The molecule has 2 bridgehead atoms. The molecule has 2 atom stereocenters. The molecule has 1 aromatic heterocycles. The summed E-state index contributed by atoms with van der Waals surface area (Å²) in [5.41, 5.74) is 5.48. The molecule has 88 valence electrons. The van der Waals surface area contributed by atoms with E-state index in [1.54, 1.807) is 6.07 Å². The highest BCUT2D eigenvalue weighted by Crippen LogP contribution is 2.45. The maximum absolute atomic E-state index is 11.4. The molecule has 1 unspecified atom stereocenters. The lowest BCUT2D eigenvalue weighted by Crippen LogP contribution is -2.27. The number of aromatic nitrogens is 1. The Kier molecular flexibility index (Phi) is 2.32. The lowest BCUT2D eigenvalue weighted by atomic mass is 9.68. The molecule has 2 aliphatic rings. The van der Waals surface area contributed by atoms with Crippen molar-refractivity contribution in [3.05, 3.63) is 57.0 Å². The van der Waals surface area contributed by atoms with E-state index in [1.807, 2.05) is 6.07 Å². The molecule has 0 radical (unpaired) electrons. The van der Waals surface area contributed by atoms with Gasteiger partial charge in [-0.15, -0.1) is 0 Å². The van der Waals surface area contributed by atoms with Crippen LogP contribution in [-0.2, 0) is 6.42 Å². The van der Waals surface area contributed by atoms with E-state index in [-0.39, 0.29) is 5.56 Å². The highest BCUT2D eigenvalue weighted by Gasteiger charge is 2.33. The second-order valence-electron chi connectivity index (χ2n) is 5.13. The van der Waals surface area contributed by atoms with Gasteiger partial charge in [0.15, 0.2) is 0 Å². The largest absolute Gasteiger partial charge is 0.326 e. The van der Waals surface area contributed by atoms with Crippen molar-refractivity contribution in [1.82, 2.24) is 4.98 Å². The molecule has 1 N–H and O–H groups in total. The molecule has 1 heterocycles. The number of allylic oxidation sites excluding steroid dienone is 4. The molecule has 17 heavy (non-hydrogen) atoms. The first-order valence-electron chi connectivity index (χ1n) is 6.24. The van der Waals surface area contributed by atoms with Gasteiger partial charge in [0.2, 0.25) is 5.56 Å². The van der Waals surface area contributed by atoms with Gasteiger partial charge in [-0.3, -0.25) is 4.79 Å². The van der Waals surface area contributed by atoms with Crippen LogP contribution in [0, 0.1) is 5.92 Å². The number of hydrogen-bond donors (Lipinski definition) is 1. The fourth-order valence-corrected chi connectivity index (χ4v) is 3.33. The van der Waals surface area contributed by atoms with Crippen LogP contribution in [0.2, 0.25) is 0 Å². The van der Waals surface area contributed by atoms with E-state index in [2.05, 4.69) is 31.0 Å². The molecular formula is C15H17NO. The molecular weight excluding hydrogens is 210 g/mol. The summed E-state index contributed by atoms with van der Waals surface area (Å²) >= 11 is 0. The monoisotopic (exact) mass is 227 g/mol. The van der Waals surface area contributed by atoms with E-state index in [1.165, 1.54) is 16.7 Å². The standard InChI is InChI=1S/C15H17NO/c1-3-11-10-6-9(2)7-13(11)12-4-5-15(17)16-14(12)8-10/h3-6,10,13H,7-8H2,1-2H3,(H,16,17)/b11-3+/t10-,13?/m1/s1. The smallest absolute Gasteiger partial charge is 0.248 e. The quantitative estimate of drug-likeness (QED) is 0.679. The zero-order chi connectivity index (χ0) is 12.0. The first kappa shape index (κ1) is 10.6. The summed E-state index contributed by atoms with van der Waals surface area (Å²) in [7, 11) is 0. The predicted molar refractivity (Wildman–Crippen MR) is 69.1 cm³/mol. The molecule has 0 fully saturated rings. The van der Waals surface area contributed by atoms with Crippen LogP contribution >= 0.6 is 0 Å². The highest BCUT2D eigenvalue weighted by molar-refractivity contribution is 5.44. The topological polar surface area (TPSA) is 32.9 Å². The lowest BCUT2D eigenvalue weighted by molar-refractivity contribution is 0.552. The second kappa shape index (κ2) is 3.73. The van der Waals surface area contributed by atoms with Gasteiger partial charge in [-0.05, 0) is 32.3 Å². The molecule has 0 aliphatic heterocycles. The zero-order valence-electron chi connectivity index (χ0n) is 10.3. The van der Waals surface area contributed by atoms with Crippen LogP contribution in [0.4, 0.5) is 0 Å². The van der Waals surface area contributed by atoms with Crippen molar-refractivity contribution in [2.45, 2.75) is 32.6 Å². The first-order valence-corrected chi connectivity index (χ1v) is 6.24. The van der Waals surface area contributed by atoms with Gasteiger partial charge in [0.25, 0.3) is 0 Å². The Balaban J connectivity index is 2.19. The van der Waals surface area contributed by atoms with Gasteiger partial charge in [0.05, 0.1) is 0 Å². The van der Waals surface area contributed by atoms with Crippen LogP contribution in [-0.4, -0.2) is 4.98 Å². The van der Waals surface area contributed by atoms with Crippen LogP contribution in [0.5, 0.6) is 0 Å². The summed E-state index contributed by atoms with van der Waals surface area (Å²) in [5.74, 6) is 0.972. The summed E-state index contributed by atoms with van der Waals surface area (Å²) in [6, 6.07) is 3.66. The Morgan fingerprint density at radius 1 is 1.35 bits per heavy atom. The molecule has 0 saturated heterocycles. The van der Waals surface area contributed by atoms with E-state index in [0.29, 0.717) is 11.8 Å². The van der Waals surface area contributed by atoms with Gasteiger partial charge in [-0.25, -0.2) is 0 Å². The molecule has 0 aromatic carbocycles. The maximum Gasteiger partial charge on any atom is 0.248 e. The first-order chi connectivity index (χ1) is 8.19. The van der Waals surface area contributed by atoms with Gasteiger partial charge in [-0.2, -0.15) is 0 Å². The summed E-state index contributed by atoms with van der Waals surface area (Å²) in [6.45, 7) is 4.34. The molecule has 3 rings (SSSR count). The number of H-pyrrole nitrogens is 1. The zero-order valence-corrected chi connectivity index (χ0v) is 10.3. The van der Waals surface area contributed by atoms with Crippen LogP contribution < -0.4 is 5.56 Å². The number of fused-ring (bicyclic) bond motifs is 4. The van der Waals surface area contributed by atoms with Crippen LogP contribution in [0.1, 0.15) is 37.4 Å². The predicted octanol–water partition coefficient (Wildman–Crippen LogP) is 2.93. The molecule has 0 amide bonds. The number of aromatic amines is 1. The molecule has 0 spiro atoms. The van der Waals surface area contributed by atoms with Crippen LogP contribution in [0.25, 0.3) is 0 Å². The third-order valence-corrected chi connectivity index (χ3v) is 4.01. The average molecular weight is 227 g/mol. The van der Waals surface area contributed by atoms with Gasteiger partial charge in [0, 0.05) is 23.6 Å². The van der Waals surface area contributed by atoms with Gasteiger partial charge in [-0.1, -0.05) is 29.4 Å². The van der Waals surface area contributed by atoms with Gasteiger partial charge >= 0.3 is 0 Å². The Morgan fingerprint density at radius 3 is 2.94 bits per heavy atom. The number of hydrogen-bond acceptors (Lipinski definition) is 1. The molecule has 0 saturated carbocycles. The van der Waals surface area contributed by atoms with Crippen molar-refractivity contribution in [3.63, 3.8) is 0 Å². The third-order valence-electron chi connectivity index (χ3n) is 4.01. The summed E-state index contributed by atoms with van der Waals surface area (Å²) in [5, 5.41) is 0. The van der Waals surface area contributed by atoms with Crippen molar-refractivity contribution in [2.24, 2.45) is 5.92 Å². The van der Waals surface area contributed by atoms with Crippen molar-refractivity contribution < 1.29 is 0 Å². The van der Waals surface area contributed by atoms with E-state index < -0.39 is 0 Å². The molecule has 2 heteroatoms. The SMILES string of the molecule is C/C=C1/C2CC(C)=C[C@@H]1Cc1[nH]c(=O)ccc12. The van der Waals surface area contributed by atoms with Crippen LogP contribution in [0.3, 0.4) is 0 Å². The minimum atomic E-state index is 0.0199. The summed E-state index contributed by atoms with van der Waals surface area (Å²) in [4.78, 5) is 14.4. The van der Waals surface area contributed by atoms with E-state index >= 15 is 0 Å². The summed E-state index contributed by atoms with van der Waals surface area (Å²) < 4.78 is 0. The average Bonchev–Trinajstić information content (AvgIpc) is 2.27. The molecule has 2 nitrogen and oxygen atoms in total. The van der Waals surface area contributed by atoms with Crippen molar-refractivity contribution >= 4 is 0 Å². The molecule has 1 aromatic rings. The van der Waals surface area contributed by atoms with Gasteiger partial charge in [0.1, 0.15) is 0 Å². The van der Waals surface area contributed by atoms with Gasteiger partial charge < -0.3 is 4.98 Å². The lowest BCUT2D eigenvalue weighted by Gasteiger charge is -2.37. The Bertz CT molecular complexity index is 577. The Labute approximate surface area is 101 Å². The minimum Gasteiger partial charge on any atom is -0.326 e. The van der Waals surface area contributed by atoms with Crippen molar-refractivity contribution in [3.8, 4) is 0 Å². The van der Waals surface area contributed by atoms with Crippen LogP contribution in [0.15, 0.2) is 40.2 Å². The minimum absolute atomic E-state index is 0.0199. The number of pyridine rings is 1. The third kappa shape index (κ3) is 1.59. The molecule has 2 aliphatic carbocycles. The Hall–Kier alpha value is -1.57. The highest BCUT2D eigenvalue weighted by atomic mass is 16.1. The van der Waals surface area contributed by atoms with E-state index in [9.17, 15) is 4.79 Å². The normalized spacial score (nSPS) is 28.8. The number of rotatable bonds is 0. The van der Waals surface area contributed by atoms with E-state index in [0.717, 1.165) is 18.5 Å². The fraction of sp³-hybridized carbons (Fsp3) is 0.400. The van der Waals surface area contributed by atoms with Crippen molar-refractivity contribution in [2.75, 3.05) is 0 Å². The van der Waals surface area contributed by atoms with E-state index in [4.69, 9.17) is 0 Å². The summed E-state index contributed by atoms with van der Waals surface area (Å²) in [6.07, 6.45) is 6.65. The fourth-order valence-electron chi connectivity index (χ4n) is 3.33. The maximum atomic E-state index is 11.4. The van der Waals surface area contributed by atoms with Crippen molar-refractivity contribution in [1.29, 1.82) is 0 Å². The number of nitrogens with one attached hydrogen (secondary N) is 1.